The van der Waals surface area contributed by atoms with E-state index in [-0.39, 0.29) is 11.4 Å². The van der Waals surface area contributed by atoms with Gasteiger partial charge in [0.05, 0.1) is 12.7 Å². The zero-order chi connectivity index (χ0) is 19.0. The van der Waals surface area contributed by atoms with E-state index < -0.39 is 5.97 Å². The first-order valence-electron chi connectivity index (χ1n) is 10.4. The number of fused-ring (bicyclic) bond motifs is 2. The molecular formula is C24H29FO2. The first-order valence-corrected chi connectivity index (χ1v) is 10.4. The van der Waals surface area contributed by atoms with Crippen LogP contribution in [0.1, 0.15) is 73.7 Å². The van der Waals surface area contributed by atoms with Crippen molar-refractivity contribution >= 4 is 16.7 Å². The van der Waals surface area contributed by atoms with Crippen molar-refractivity contribution in [2.75, 3.05) is 7.11 Å². The molecule has 0 heterocycles. The first kappa shape index (κ1) is 18.5. The van der Waals surface area contributed by atoms with E-state index in [4.69, 9.17) is 4.74 Å². The molecule has 0 saturated heterocycles. The molecule has 2 aromatic rings. The van der Waals surface area contributed by atoms with Gasteiger partial charge in [0.15, 0.2) is 0 Å². The fraction of sp³-hybridized carbons (Fsp3) is 0.542. The number of rotatable bonds is 3. The number of halogens is 1. The molecule has 27 heavy (non-hydrogen) atoms. The van der Waals surface area contributed by atoms with Crippen LogP contribution in [0.5, 0.6) is 0 Å². The van der Waals surface area contributed by atoms with Crippen LogP contribution in [0.3, 0.4) is 0 Å². The van der Waals surface area contributed by atoms with Crippen molar-refractivity contribution in [3.63, 3.8) is 0 Å². The van der Waals surface area contributed by atoms with Crippen LogP contribution >= 0.6 is 0 Å². The van der Waals surface area contributed by atoms with Gasteiger partial charge in [0.2, 0.25) is 0 Å². The number of methoxy groups -OCH3 is 1. The van der Waals surface area contributed by atoms with Crippen molar-refractivity contribution in [3.8, 4) is 0 Å². The second-order valence-corrected chi connectivity index (χ2v) is 8.55. The molecule has 2 saturated carbocycles. The average molecular weight is 368 g/mol. The molecule has 3 heteroatoms. The average Bonchev–Trinajstić information content (AvgIpc) is 2.72. The summed E-state index contributed by atoms with van der Waals surface area (Å²) in [5, 5.41) is 1.37. The fourth-order valence-electron chi connectivity index (χ4n) is 5.48. The van der Waals surface area contributed by atoms with Gasteiger partial charge in [-0.2, -0.15) is 0 Å². The van der Waals surface area contributed by atoms with Crippen LogP contribution in [-0.4, -0.2) is 13.1 Å². The highest BCUT2D eigenvalue weighted by Gasteiger charge is 2.35. The van der Waals surface area contributed by atoms with Crippen molar-refractivity contribution in [1.29, 1.82) is 0 Å². The predicted molar refractivity (Wildman–Crippen MR) is 106 cm³/mol. The van der Waals surface area contributed by atoms with Crippen LogP contribution in [-0.2, 0) is 4.74 Å². The van der Waals surface area contributed by atoms with E-state index in [1.807, 2.05) is 12.1 Å². The third kappa shape index (κ3) is 3.61. The van der Waals surface area contributed by atoms with Gasteiger partial charge in [-0.15, -0.1) is 0 Å². The zero-order valence-corrected chi connectivity index (χ0v) is 16.3. The van der Waals surface area contributed by atoms with Crippen molar-refractivity contribution in [1.82, 2.24) is 0 Å². The highest BCUT2D eigenvalue weighted by Crippen LogP contribution is 2.48. The van der Waals surface area contributed by atoms with Gasteiger partial charge in [0, 0.05) is 5.39 Å². The van der Waals surface area contributed by atoms with Gasteiger partial charge < -0.3 is 4.74 Å². The highest BCUT2D eigenvalue weighted by atomic mass is 19.1. The molecule has 0 amide bonds. The molecule has 0 spiro atoms. The van der Waals surface area contributed by atoms with E-state index in [9.17, 15) is 9.18 Å². The number of ether oxygens (including phenoxy) is 1. The van der Waals surface area contributed by atoms with Crippen molar-refractivity contribution in [3.05, 3.63) is 47.3 Å². The molecule has 2 aromatic carbocycles. The summed E-state index contributed by atoms with van der Waals surface area (Å²) in [6, 6.07) is 9.11. The SMILES string of the molecule is CCC1CC[C@@H]2CC(c3ccc4cc(C(=O)OC)cc(F)c4c3)CC[C@H]2C1. The molecule has 2 aliphatic carbocycles. The molecular weight excluding hydrogens is 339 g/mol. The second-order valence-electron chi connectivity index (χ2n) is 8.55. The van der Waals surface area contributed by atoms with E-state index in [2.05, 4.69) is 13.0 Å². The number of hydrogen-bond donors (Lipinski definition) is 0. The Morgan fingerprint density at radius 2 is 1.85 bits per heavy atom. The van der Waals surface area contributed by atoms with Crippen molar-refractivity contribution in [2.45, 2.75) is 57.8 Å². The van der Waals surface area contributed by atoms with Crippen LogP contribution in [0.15, 0.2) is 30.3 Å². The Labute approximate surface area is 161 Å². The minimum Gasteiger partial charge on any atom is -0.465 e. The van der Waals surface area contributed by atoms with Gasteiger partial charge in [0.25, 0.3) is 0 Å². The van der Waals surface area contributed by atoms with Crippen molar-refractivity contribution in [2.24, 2.45) is 17.8 Å². The Hall–Kier alpha value is -1.90. The van der Waals surface area contributed by atoms with Gasteiger partial charge >= 0.3 is 5.97 Å². The molecule has 144 valence electrons. The second kappa shape index (κ2) is 7.61. The fourth-order valence-corrected chi connectivity index (χ4v) is 5.48. The van der Waals surface area contributed by atoms with Crippen molar-refractivity contribution < 1.29 is 13.9 Å². The van der Waals surface area contributed by atoms with Gasteiger partial charge in [-0.05, 0) is 84.9 Å². The predicted octanol–water partition coefficient (Wildman–Crippen LogP) is 6.48. The smallest absolute Gasteiger partial charge is 0.337 e. The molecule has 0 N–H and O–H groups in total. The van der Waals surface area contributed by atoms with E-state index in [0.29, 0.717) is 11.3 Å². The summed E-state index contributed by atoms with van der Waals surface area (Å²) in [6.45, 7) is 2.33. The number of hydrogen-bond acceptors (Lipinski definition) is 2. The van der Waals surface area contributed by atoms with E-state index in [0.717, 1.165) is 23.1 Å². The lowest BCUT2D eigenvalue weighted by Gasteiger charge is -2.42. The molecule has 2 nitrogen and oxygen atoms in total. The lowest BCUT2D eigenvalue weighted by Crippen LogP contribution is -2.30. The summed E-state index contributed by atoms with van der Waals surface area (Å²) in [7, 11) is 1.32. The largest absolute Gasteiger partial charge is 0.465 e. The number of esters is 1. The topological polar surface area (TPSA) is 26.3 Å². The lowest BCUT2D eigenvalue weighted by atomic mass is 9.63. The minimum atomic E-state index is -0.499. The molecule has 2 unspecified atom stereocenters. The summed E-state index contributed by atoms with van der Waals surface area (Å²) >= 11 is 0. The maximum atomic E-state index is 14.6. The Kier molecular flexibility index (Phi) is 5.21. The van der Waals surface area contributed by atoms with Crippen LogP contribution in [0.25, 0.3) is 10.8 Å². The summed E-state index contributed by atoms with van der Waals surface area (Å²) < 4.78 is 19.4. The molecule has 4 rings (SSSR count). The van der Waals surface area contributed by atoms with Gasteiger partial charge in [-0.3, -0.25) is 0 Å². The summed E-state index contributed by atoms with van der Waals surface area (Å²) in [5.74, 6) is 2.37. The van der Waals surface area contributed by atoms with E-state index >= 15 is 0 Å². The maximum absolute atomic E-state index is 14.6. The zero-order valence-electron chi connectivity index (χ0n) is 16.3. The molecule has 0 aliphatic heterocycles. The van der Waals surface area contributed by atoms with Gasteiger partial charge in [-0.1, -0.05) is 31.9 Å². The van der Waals surface area contributed by atoms with E-state index in [1.165, 1.54) is 63.7 Å². The molecule has 2 fully saturated rings. The summed E-state index contributed by atoms with van der Waals surface area (Å²) in [5.41, 5.74) is 1.52. The minimum absolute atomic E-state index is 0.267. The number of carbonyl (C=O) groups is 1. The van der Waals surface area contributed by atoms with Crippen LogP contribution < -0.4 is 0 Å². The van der Waals surface area contributed by atoms with Gasteiger partial charge in [0.1, 0.15) is 5.82 Å². The maximum Gasteiger partial charge on any atom is 0.337 e. The monoisotopic (exact) mass is 368 g/mol. The Morgan fingerprint density at radius 3 is 2.63 bits per heavy atom. The van der Waals surface area contributed by atoms with Crippen LogP contribution in [0.2, 0.25) is 0 Å². The molecule has 0 radical (unpaired) electrons. The summed E-state index contributed by atoms with van der Waals surface area (Å²) in [4.78, 5) is 11.7. The van der Waals surface area contributed by atoms with Gasteiger partial charge in [-0.25, -0.2) is 9.18 Å². The Balaban J connectivity index is 1.56. The standard InChI is InChI=1S/C24H29FO2/c1-3-15-4-5-17-11-18(7-6-16(17)10-15)19-8-9-20-12-21(24(26)27-2)14-23(25)22(20)13-19/h8-9,12-18H,3-7,10-11H2,1-2H3/t15?,16-,17+,18?/m0/s1. The molecule has 0 aromatic heterocycles. The first-order chi connectivity index (χ1) is 13.1. The highest BCUT2D eigenvalue weighted by molar-refractivity contribution is 5.95. The summed E-state index contributed by atoms with van der Waals surface area (Å²) in [6.07, 6.45) is 9.25. The Bertz CT molecular complexity index is 844. The lowest BCUT2D eigenvalue weighted by molar-refractivity contribution is 0.0600. The number of benzene rings is 2. The normalized spacial score (nSPS) is 28.0. The van der Waals surface area contributed by atoms with Crippen LogP contribution in [0, 0.1) is 23.6 Å². The third-order valence-corrected chi connectivity index (χ3v) is 7.12. The number of carbonyl (C=O) groups excluding carboxylic acids is 1. The quantitative estimate of drug-likeness (QED) is 0.580. The van der Waals surface area contributed by atoms with Crippen LogP contribution in [0.4, 0.5) is 4.39 Å². The Morgan fingerprint density at radius 1 is 1.07 bits per heavy atom. The molecule has 0 bridgehead atoms. The van der Waals surface area contributed by atoms with E-state index in [1.54, 1.807) is 6.07 Å². The third-order valence-electron chi connectivity index (χ3n) is 7.12. The molecule has 4 atom stereocenters. The molecule has 2 aliphatic rings.